The smallest absolute Gasteiger partial charge is 0.317 e. The predicted molar refractivity (Wildman–Crippen MR) is 120 cm³/mol. The fraction of sp³-hybridized carbons (Fsp3) is 0.591. The summed E-state index contributed by atoms with van der Waals surface area (Å²) in [7, 11) is 0. The number of hydrogen-bond donors (Lipinski definition) is 2. The van der Waals surface area contributed by atoms with Crippen LogP contribution in [0.4, 0.5) is 0 Å². The molecule has 2 heterocycles. The first-order chi connectivity index (χ1) is 14.4. The van der Waals surface area contributed by atoms with Gasteiger partial charge in [0.1, 0.15) is 0 Å². The van der Waals surface area contributed by atoms with Gasteiger partial charge in [-0.25, -0.2) is 0 Å². The van der Waals surface area contributed by atoms with Crippen molar-refractivity contribution in [2.75, 3.05) is 5.75 Å². The van der Waals surface area contributed by atoms with Gasteiger partial charge in [0.05, 0.1) is 17.1 Å². The van der Waals surface area contributed by atoms with Crippen molar-refractivity contribution in [3.63, 3.8) is 0 Å². The molecule has 4 saturated carbocycles. The maximum absolute atomic E-state index is 13.1. The first kappa shape index (κ1) is 19.2. The van der Waals surface area contributed by atoms with Crippen LogP contribution in [-0.4, -0.2) is 26.8 Å². The SMILES string of the molecule is O=C(CC1CSc2cc(Br)cc3[nH]c(=O)c(=O)n1c23)NC12CC3CC(CC(C3)C1)C2. The number of aromatic amines is 1. The van der Waals surface area contributed by atoms with E-state index in [0.29, 0.717) is 11.3 Å². The molecule has 0 radical (unpaired) electrons. The van der Waals surface area contributed by atoms with E-state index >= 15 is 0 Å². The summed E-state index contributed by atoms with van der Waals surface area (Å²) in [5.74, 6) is 2.92. The van der Waals surface area contributed by atoms with E-state index in [0.717, 1.165) is 51.9 Å². The minimum atomic E-state index is -0.634. The van der Waals surface area contributed by atoms with Gasteiger partial charge in [-0.15, -0.1) is 11.8 Å². The Labute approximate surface area is 186 Å². The molecule has 4 bridgehead atoms. The molecule has 6 nitrogen and oxygen atoms in total. The molecule has 0 saturated heterocycles. The second kappa shape index (κ2) is 6.73. The summed E-state index contributed by atoms with van der Waals surface area (Å²) in [6.07, 6.45) is 7.56. The number of carbonyl (C=O) groups excluding carboxylic acids is 1. The molecule has 1 unspecified atom stereocenters. The van der Waals surface area contributed by atoms with Crippen molar-refractivity contribution in [2.45, 2.75) is 61.4 Å². The molecule has 4 aliphatic carbocycles. The van der Waals surface area contributed by atoms with Crippen molar-refractivity contribution in [3.05, 3.63) is 37.3 Å². The van der Waals surface area contributed by atoms with E-state index in [1.54, 1.807) is 16.3 Å². The second-order valence-electron chi connectivity index (χ2n) is 9.84. The molecule has 30 heavy (non-hydrogen) atoms. The number of nitrogens with zero attached hydrogens (tertiary/aromatic N) is 1. The van der Waals surface area contributed by atoms with Crippen LogP contribution in [0.25, 0.3) is 11.0 Å². The maximum atomic E-state index is 13.1. The number of halogens is 1. The van der Waals surface area contributed by atoms with Gasteiger partial charge in [-0.05, 0) is 68.4 Å². The Morgan fingerprint density at radius 2 is 1.83 bits per heavy atom. The van der Waals surface area contributed by atoms with Gasteiger partial charge in [-0.1, -0.05) is 15.9 Å². The first-order valence-corrected chi connectivity index (χ1v) is 12.6. The molecule has 1 aromatic carbocycles. The Balaban J connectivity index is 1.30. The van der Waals surface area contributed by atoms with E-state index in [9.17, 15) is 14.4 Å². The van der Waals surface area contributed by atoms with Gasteiger partial charge in [-0.2, -0.15) is 0 Å². The van der Waals surface area contributed by atoms with Gasteiger partial charge < -0.3 is 10.3 Å². The zero-order valence-corrected chi connectivity index (χ0v) is 19.0. The number of H-pyrrole nitrogens is 1. The van der Waals surface area contributed by atoms with Gasteiger partial charge in [0.15, 0.2) is 0 Å². The number of aromatic nitrogens is 2. The molecule has 1 aliphatic heterocycles. The molecular formula is C22H24BrN3O3S. The fourth-order valence-electron chi connectivity index (χ4n) is 7.00. The predicted octanol–water partition coefficient (Wildman–Crippen LogP) is 3.57. The Morgan fingerprint density at radius 3 is 2.50 bits per heavy atom. The van der Waals surface area contributed by atoms with Crippen LogP contribution in [0.5, 0.6) is 0 Å². The average Bonchev–Trinajstić information content (AvgIpc) is 2.65. The first-order valence-electron chi connectivity index (χ1n) is 10.8. The third-order valence-corrected chi connectivity index (χ3v) is 9.23. The number of nitrogens with one attached hydrogen (secondary N) is 2. The average molecular weight is 490 g/mol. The van der Waals surface area contributed by atoms with Crippen LogP contribution >= 0.6 is 27.7 Å². The van der Waals surface area contributed by atoms with Crippen LogP contribution in [-0.2, 0) is 4.79 Å². The van der Waals surface area contributed by atoms with E-state index in [4.69, 9.17) is 0 Å². The van der Waals surface area contributed by atoms with Crippen molar-refractivity contribution < 1.29 is 4.79 Å². The van der Waals surface area contributed by atoms with Gasteiger partial charge >= 0.3 is 11.1 Å². The van der Waals surface area contributed by atoms with E-state index in [-0.39, 0.29) is 23.9 Å². The number of carbonyl (C=O) groups is 1. The lowest BCUT2D eigenvalue weighted by Gasteiger charge is -2.57. The van der Waals surface area contributed by atoms with E-state index in [1.807, 2.05) is 12.1 Å². The Bertz CT molecular complexity index is 1150. The van der Waals surface area contributed by atoms with Crippen LogP contribution in [0.15, 0.2) is 31.1 Å². The van der Waals surface area contributed by atoms with Crippen LogP contribution in [0.1, 0.15) is 51.0 Å². The molecule has 1 aromatic heterocycles. The summed E-state index contributed by atoms with van der Waals surface area (Å²) in [6.45, 7) is 0. The van der Waals surface area contributed by atoms with Crippen LogP contribution in [0.2, 0.25) is 0 Å². The van der Waals surface area contributed by atoms with Crippen LogP contribution < -0.4 is 16.4 Å². The minimum absolute atomic E-state index is 0.0171. The molecule has 2 N–H and O–H groups in total. The number of hydrogen-bond acceptors (Lipinski definition) is 4. The third kappa shape index (κ3) is 3.01. The highest BCUT2D eigenvalue weighted by Crippen LogP contribution is 2.55. The lowest BCUT2D eigenvalue weighted by molar-refractivity contribution is -0.127. The van der Waals surface area contributed by atoms with E-state index < -0.39 is 11.1 Å². The fourth-order valence-corrected chi connectivity index (χ4v) is 8.80. The highest BCUT2D eigenvalue weighted by Gasteiger charge is 2.51. The van der Waals surface area contributed by atoms with Crippen molar-refractivity contribution in [1.29, 1.82) is 0 Å². The summed E-state index contributed by atoms with van der Waals surface area (Å²) in [5.41, 5.74) is 0.114. The zero-order chi connectivity index (χ0) is 20.6. The lowest BCUT2D eigenvalue weighted by Crippen LogP contribution is -2.60. The van der Waals surface area contributed by atoms with Gasteiger partial charge in [-0.3, -0.25) is 19.0 Å². The summed E-state index contributed by atoms with van der Waals surface area (Å²) in [6, 6.07) is 3.47. The zero-order valence-electron chi connectivity index (χ0n) is 16.6. The molecule has 158 valence electrons. The highest BCUT2D eigenvalue weighted by atomic mass is 79.9. The largest absolute Gasteiger partial charge is 0.351 e. The normalized spacial score (nSPS) is 33.8. The molecule has 7 rings (SSSR count). The molecule has 1 atom stereocenters. The molecule has 8 heteroatoms. The highest BCUT2D eigenvalue weighted by molar-refractivity contribution is 9.10. The van der Waals surface area contributed by atoms with Gasteiger partial charge in [0.2, 0.25) is 5.91 Å². The molecular weight excluding hydrogens is 466 g/mol. The quantitative estimate of drug-likeness (QED) is 0.645. The number of benzene rings is 1. The summed E-state index contributed by atoms with van der Waals surface area (Å²) < 4.78 is 2.42. The minimum Gasteiger partial charge on any atom is -0.351 e. The Morgan fingerprint density at radius 1 is 1.17 bits per heavy atom. The van der Waals surface area contributed by atoms with Crippen molar-refractivity contribution in [2.24, 2.45) is 17.8 Å². The molecule has 4 fully saturated rings. The maximum Gasteiger partial charge on any atom is 0.317 e. The van der Waals surface area contributed by atoms with Crippen LogP contribution in [0.3, 0.4) is 0 Å². The van der Waals surface area contributed by atoms with E-state index in [2.05, 4.69) is 26.2 Å². The van der Waals surface area contributed by atoms with Crippen molar-refractivity contribution in [1.82, 2.24) is 14.9 Å². The van der Waals surface area contributed by atoms with Gasteiger partial charge in [0.25, 0.3) is 0 Å². The van der Waals surface area contributed by atoms with Crippen molar-refractivity contribution in [3.8, 4) is 0 Å². The van der Waals surface area contributed by atoms with Crippen molar-refractivity contribution >= 4 is 44.6 Å². The Hall–Kier alpha value is -1.54. The third-order valence-electron chi connectivity index (χ3n) is 7.60. The lowest BCUT2D eigenvalue weighted by atomic mass is 9.53. The number of thioether (sulfide) groups is 1. The van der Waals surface area contributed by atoms with Crippen LogP contribution in [0, 0.1) is 17.8 Å². The summed E-state index contributed by atoms with van der Waals surface area (Å²) >= 11 is 5.11. The molecule has 0 spiro atoms. The number of amides is 1. The standard InChI is InChI=1S/C22H24BrN3O3S/c23-14-4-16-19-17(5-14)30-10-15(26(19)21(29)20(28)24-16)6-18(27)25-22-7-11-1-12(8-22)3-13(2-11)9-22/h4-5,11-13,15H,1-3,6-10H2,(H,24,28)(H,25,27). The topological polar surface area (TPSA) is 84.0 Å². The second-order valence-corrected chi connectivity index (χ2v) is 11.8. The monoisotopic (exact) mass is 489 g/mol. The molecule has 1 amide bonds. The van der Waals surface area contributed by atoms with Gasteiger partial charge in [0, 0.05) is 27.1 Å². The summed E-state index contributed by atoms with van der Waals surface area (Å²) in [5, 5.41) is 3.41. The summed E-state index contributed by atoms with van der Waals surface area (Å²) in [4.78, 5) is 41.8. The molecule has 2 aromatic rings. The van der Waals surface area contributed by atoms with E-state index in [1.165, 1.54) is 19.3 Å². The number of rotatable bonds is 3. The molecule has 5 aliphatic rings. The Kier molecular flexibility index (Phi) is 4.30.